The normalized spacial score (nSPS) is 11.6. The first kappa shape index (κ1) is 14.3. The molecule has 0 aliphatic carbocycles. The van der Waals surface area contributed by atoms with E-state index >= 15 is 0 Å². The van der Waals surface area contributed by atoms with Crippen molar-refractivity contribution in [3.63, 3.8) is 0 Å². The molecule has 0 aliphatic rings. The minimum atomic E-state index is -0.343. The molecule has 1 aromatic carbocycles. The molecule has 2 rings (SSSR count). The molecule has 1 aromatic heterocycles. The summed E-state index contributed by atoms with van der Waals surface area (Å²) >= 11 is 7.41. The van der Waals surface area contributed by atoms with Crippen molar-refractivity contribution >= 4 is 28.6 Å². The van der Waals surface area contributed by atoms with E-state index in [2.05, 4.69) is 36.5 Å². The minimum Gasteiger partial charge on any atom is -0.378 e. The molecule has 1 heterocycles. The predicted molar refractivity (Wildman–Crippen MR) is 79.6 cm³/mol. The highest BCUT2D eigenvalue weighted by molar-refractivity contribution is 7.09. The third-order valence-electron chi connectivity index (χ3n) is 2.63. The Labute approximate surface area is 121 Å². The topological polar surface area (TPSA) is 24.9 Å². The van der Waals surface area contributed by atoms with Crippen molar-refractivity contribution in [3.8, 4) is 0 Å². The predicted octanol–water partition coefficient (Wildman–Crippen LogP) is 4.85. The highest BCUT2D eigenvalue weighted by Crippen LogP contribution is 2.25. The summed E-state index contributed by atoms with van der Waals surface area (Å²) in [5, 5.41) is 6.56. The molecule has 0 atom stereocenters. The third-order valence-corrected chi connectivity index (χ3v) is 3.69. The van der Waals surface area contributed by atoms with Crippen LogP contribution in [0.25, 0.3) is 0 Å². The van der Waals surface area contributed by atoms with Crippen LogP contribution in [0.4, 0.5) is 10.1 Å². The van der Waals surface area contributed by atoms with Crippen LogP contribution in [-0.2, 0) is 12.0 Å². The number of nitrogens with one attached hydrogen (secondary N) is 1. The number of hydrogen-bond donors (Lipinski definition) is 1. The van der Waals surface area contributed by atoms with Crippen molar-refractivity contribution in [2.45, 2.75) is 32.7 Å². The SMILES string of the molecule is CC(C)(C)c1csc(CNc2cc(F)cc(Cl)c2)n1. The lowest BCUT2D eigenvalue weighted by molar-refractivity contribution is 0.571. The Morgan fingerprint density at radius 2 is 2.05 bits per heavy atom. The van der Waals surface area contributed by atoms with Crippen molar-refractivity contribution in [2.75, 3.05) is 5.32 Å². The number of rotatable bonds is 3. The number of hydrogen-bond acceptors (Lipinski definition) is 3. The Kier molecular flexibility index (Phi) is 4.11. The lowest BCUT2D eigenvalue weighted by Gasteiger charge is -2.14. The molecule has 102 valence electrons. The molecule has 1 N–H and O–H groups in total. The lowest BCUT2D eigenvalue weighted by atomic mass is 9.93. The van der Waals surface area contributed by atoms with Crippen LogP contribution in [0.3, 0.4) is 0 Å². The molecule has 2 aromatic rings. The van der Waals surface area contributed by atoms with Crippen molar-refractivity contribution in [1.82, 2.24) is 4.98 Å². The van der Waals surface area contributed by atoms with Gasteiger partial charge in [0.05, 0.1) is 12.2 Å². The Morgan fingerprint density at radius 1 is 1.32 bits per heavy atom. The Bertz CT molecular complexity index is 555. The molecule has 0 radical (unpaired) electrons. The minimum absolute atomic E-state index is 0.0525. The van der Waals surface area contributed by atoms with Crippen LogP contribution in [0.2, 0.25) is 5.02 Å². The molecule has 2 nitrogen and oxygen atoms in total. The highest BCUT2D eigenvalue weighted by Gasteiger charge is 2.17. The second-order valence-electron chi connectivity index (χ2n) is 5.39. The average molecular weight is 299 g/mol. The van der Waals surface area contributed by atoms with Crippen LogP contribution < -0.4 is 5.32 Å². The van der Waals surface area contributed by atoms with Crippen molar-refractivity contribution < 1.29 is 4.39 Å². The van der Waals surface area contributed by atoms with Crippen molar-refractivity contribution in [3.05, 3.63) is 45.1 Å². The molecule has 0 spiro atoms. The molecular formula is C14H16ClFN2S. The molecule has 19 heavy (non-hydrogen) atoms. The second-order valence-corrected chi connectivity index (χ2v) is 6.77. The number of thiazole rings is 1. The van der Waals surface area contributed by atoms with E-state index in [9.17, 15) is 4.39 Å². The van der Waals surface area contributed by atoms with Gasteiger partial charge in [-0.15, -0.1) is 11.3 Å². The first-order valence-electron chi connectivity index (χ1n) is 5.99. The summed E-state index contributed by atoms with van der Waals surface area (Å²) in [6.07, 6.45) is 0. The van der Waals surface area contributed by atoms with Gasteiger partial charge in [0, 0.05) is 21.5 Å². The Hall–Kier alpha value is -1.13. The maximum atomic E-state index is 13.2. The molecule has 0 fully saturated rings. The molecule has 0 bridgehead atoms. The highest BCUT2D eigenvalue weighted by atomic mass is 35.5. The quantitative estimate of drug-likeness (QED) is 0.876. The fourth-order valence-electron chi connectivity index (χ4n) is 1.57. The van der Waals surface area contributed by atoms with E-state index in [1.807, 2.05) is 0 Å². The van der Waals surface area contributed by atoms with Gasteiger partial charge in [0.15, 0.2) is 0 Å². The molecule has 0 saturated heterocycles. The summed E-state index contributed by atoms with van der Waals surface area (Å²) in [5.41, 5.74) is 1.79. The smallest absolute Gasteiger partial charge is 0.126 e. The van der Waals surface area contributed by atoms with E-state index < -0.39 is 0 Å². The maximum Gasteiger partial charge on any atom is 0.126 e. The second kappa shape index (κ2) is 5.47. The molecule has 0 amide bonds. The molecule has 0 unspecified atom stereocenters. The Balaban J connectivity index is 2.04. The van der Waals surface area contributed by atoms with Crippen molar-refractivity contribution in [2.24, 2.45) is 0 Å². The van der Waals surface area contributed by atoms with E-state index in [1.165, 1.54) is 12.1 Å². The summed E-state index contributed by atoms with van der Waals surface area (Å²) in [4.78, 5) is 4.57. The first-order valence-corrected chi connectivity index (χ1v) is 7.25. The number of halogens is 2. The monoisotopic (exact) mass is 298 g/mol. The number of nitrogens with zero attached hydrogens (tertiary/aromatic N) is 1. The Morgan fingerprint density at radius 3 is 2.63 bits per heavy atom. The van der Waals surface area contributed by atoms with E-state index in [1.54, 1.807) is 17.4 Å². The van der Waals surface area contributed by atoms with Crippen LogP contribution in [0.1, 0.15) is 31.5 Å². The van der Waals surface area contributed by atoms with Crippen molar-refractivity contribution in [1.29, 1.82) is 0 Å². The third kappa shape index (κ3) is 3.91. The molecule has 5 heteroatoms. The van der Waals surface area contributed by atoms with Gasteiger partial charge in [-0.25, -0.2) is 9.37 Å². The van der Waals surface area contributed by atoms with Crippen LogP contribution in [-0.4, -0.2) is 4.98 Å². The summed E-state index contributed by atoms with van der Waals surface area (Å²) < 4.78 is 13.2. The summed E-state index contributed by atoms with van der Waals surface area (Å²) in [5.74, 6) is -0.343. The largest absolute Gasteiger partial charge is 0.378 e. The van der Waals surface area contributed by atoms with Crippen LogP contribution in [0, 0.1) is 5.82 Å². The summed E-state index contributed by atoms with van der Waals surface area (Å²) in [6.45, 7) is 6.96. The van der Waals surface area contributed by atoms with E-state index in [4.69, 9.17) is 11.6 Å². The van der Waals surface area contributed by atoms with Crippen LogP contribution in [0.5, 0.6) is 0 Å². The van der Waals surface area contributed by atoms with E-state index in [-0.39, 0.29) is 11.2 Å². The van der Waals surface area contributed by atoms with Gasteiger partial charge in [-0.05, 0) is 18.2 Å². The van der Waals surface area contributed by atoms with Gasteiger partial charge in [0.1, 0.15) is 10.8 Å². The van der Waals surface area contributed by atoms with Gasteiger partial charge in [-0.1, -0.05) is 32.4 Å². The number of anilines is 1. The summed E-state index contributed by atoms with van der Waals surface area (Å²) in [7, 11) is 0. The van der Waals surface area contributed by atoms with Crippen LogP contribution in [0.15, 0.2) is 23.6 Å². The van der Waals surface area contributed by atoms with Gasteiger partial charge in [-0.3, -0.25) is 0 Å². The fraction of sp³-hybridized carbons (Fsp3) is 0.357. The standard InChI is InChI=1S/C14H16ClFN2S/c1-14(2,3)12-8-19-13(18-12)7-17-11-5-9(15)4-10(16)6-11/h4-6,8,17H,7H2,1-3H3. The van der Waals surface area contributed by atoms with Gasteiger partial charge >= 0.3 is 0 Å². The zero-order valence-corrected chi connectivity index (χ0v) is 12.7. The zero-order chi connectivity index (χ0) is 14.0. The molecular weight excluding hydrogens is 283 g/mol. The molecule has 0 aliphatic heterocycles. The van der Waals surface area contributed by atoms with E-state index in [0.717, 1.165) is 10.7 Å². The molecule has 0 saturated carbocycles. The average Bonchev–Trinajstić information content (AvgIpc) is 2.73. The first-order chi connectivity index (χ1) is 8.84. The maximum absolute atomic E-state index is 13.2. The van der Waals surface area contributed by atoms with Crippen LogP contribution >= 0.6 is 22.9 Å². The van der Waals surface area contributed by atoms with Gasteiger partial charge in [0.25, 0.3) is 0 Å². The lowest BCUT2D eigenvalue weighted by Crippen LogP contribution is -2.11. The number of aromatic nitrogens is 1. The zero-order valence-electron chi connectivity index (χ0n) is 11.1. The van der Waals surface area contributed by atoms with Gasteiger partial charge in [-0.2, -0.15) is 0 Å². The number of benzene rings is 1. The fourth-order valence-corrected chi connectivity index (χ4v) is 2.75. The van der Waals surface area contributed by atoms with Gasteiger partial charge < -0.3 is 5.32 Å². The van der Waals surface area contributed by atoms with Gasteiger partial charge in [0.2, 0.25) is 0 Å². The summed E-state index contributed by atoms with van der Waals surface area (Å²) in [6, 6.07) is 4.40. The van der Waals surface area contributed by atoms with E-state index in [0.29, 0.717) is 17.3 Å².